The number of hydrogen-bond acceptors (Lipinski definition) is 2. The zero-order valence-electron chi connectivity index (χ0n) is 10.6. The predicted octanol–water partition coefficient (Wildman–Crippen LogP) is 4.20. The Morgan fingerprint density at radius 3 is 2.42 bits per heavy atom. The molecular formula is C15H12F2N2. The smallest absolute Gasteiger partial charge is 0.183 e. The molecule has 0 aliphatic rings. The molecule has 2 nitrogen and oxygen atoms in total. The van der Waals surface area contributed by atoms with Gasteiger partial charge in [-0.2, -0.15) is 5.26 Å². The number of nitrogens with one attached hydrogen (secondary N) is 1. The van der Waals surface area contributed by atoms with Gasteiger partial charge < -0.3 is 5.32 Å². The molecule has 4 heteroatoms. The van der Waals surface area contributed by atoms with E-state index in [9.17, 15) is 8.78 Å². The molecule has 2 aromatic carbocycles. The normalized spacial score (nSPS) is 10.1. The summed E-state index contributed by atoms with van der Waals surface area (Å²) in [5.74, 6) is -2.17. The van der Waals surface area contributed by atoms with Crippen LogP contribution in [-0.4, -0.2) is 0 Å². The first-order valence-corrected chi connectivity index (χ1v) is 5.76. The lowest BCUT2D eigenvalue weighted by molar-refractivity contribution is 0.509. The molecule has 2 rings (SSSR count). The third-order valence-electron chi connectivity index (χ3n) is 3.08. The molecule has 19 heavy (non-hydrogen) atoms. The Labute approximate surface area is 110 Å². The van der Waals surface area contributed by atoms with Gasteiger partial charge in [0, 0.05) is 5.69 Å². The second kappa shape index (κ2) is 5.07. The van der Waals surface area contributed by atoms with Gasteiger partial charge in [-0.05, 0) is 43.2 Å². The first-order valence-electron chi connectivity index (χ1n) is 5.76. The van der Waals surface area contributed by atoms with Gasteiger partial charge in [-0.1, -0.05) is 12.1 Å². The Morgan fingerprint density at radius 1 is 1.00 bits per heavy atom. The predicted molar refractivity (Wildman–Crippen MR) is 70.3 cm³/mol. The van der Waals surface area contributed by atoms with E-state index in [-0.39, 0.29) is 11.3 Å². The van der Waals surface area contributed by atoms with E-state index in [4.69, 9.17) is 5.26 Å². The SMILES string of the molecule is Cc1cccc(Nc2ccc(C#N)c(F)c2F)c1C. The lowest BCUT2D eigenvalue weighted by atomic mass is 10.1. The van der Waals surface area contributed by atoms with Crippen LogP contribution in [0.2, 0.25) is 0 Å². The molecule has 2 aromatic rings. The zero-order valence-corrected chi connectivity index (χ0v) is 10.6. The fraction of sp³-hybridized carbons (Fsp3) is 0.133. The molecule has 0 radical (unpaired) electrons. The second-order valence-electron chi connectivity index (χ2n) is 4.27. The first-order chi connectivity index (χ1) is 9.04. The summed E-state index contributed by atoms with van der Waals surface area (Å²) in [4.78, 5) is 0. The van der Waals surface area contributed by atoms with Crippen LogP contribution in [0.1, 0.15) is 16.7 Å². The van der Waals surface area contributed by atoms with Gasteiger partial charge >= 0.3 is 0 Å². The van der Waals surface area contributed by atoms with Gasteiger partial charge in [0.25, 0.3) is 0 Å². The fourth-order valence-electron chi connectivity index (χ4n) is 1.76. The second-order valence-corrected chi connectivity index (χ2v) is 4.27. The van der Waals surface area contributed by atoms with E-state index < -0.39 is 11.6 Å². The van der Waals surface area contributed by atoms with Crippen molar-refractivity contribution in [2.75, 3.05) is 5.32 Å². The van der Waals surface area contributed by atoms with Crippen molar-refractivity contribution in [1.29, 1.82) is 5.26 Å². The van der Waals surface area contributed by atoms with Crippen LogP contribution < -0.4 is 5.32 Å². The molecule has 0 aromatic heterocycles. The highest BCUT2D eigenvalue weighted by Crippen LogP contribution is 2.26. The minimum atomic E-state index is -1.13. The van der Waals surface area contributed by atoms with Crippen LogP contribution in [-0.2, 0) is 0 Å². The van der Waals surface area contributed by atoms with Crippen molar-refractivity contribution in [1.82, 2.24) is 0 Å². The summed E-state index contributed by atoms with van der Waals surface area (Å²) >= 11 is 0. The highest BCUT2D eigenvalue weighted by molar-refractivity contribution is 5.65. The van der Waals surface area contributed by atoms with Crippen LogP contribution in [0, 0.1) is 36.8 Å². The topological polar surface area (TPSA) is 35.8 Å². The van der Waals surface area contributed by atoms with Crippen LogP contribution in [0.15, 0.2) is 30.3 Å². The molecule has 0 spiro atoms. The molecule has 0 aliphatic heterocycles. The molecule has 0 aliphatic carbocycles. The zero-order chi connectivity index (χ0) is 14.0. The van der Waals surface area contributed by atoms with E-state index in [2.05, 4.69) is 5.32 Å². The number of rotatable bonds is 2. The van der Waals surface area contributed by atoms with Crippen LogP contribution >= 0.6 is 0 Å². The molecule has 0 fully saturated rings. The maximum absolute atomic E-state index is 13.8. The summed E-state index contributed by atoms with van der Waals surface area (Å²) in [5, 5.41) is 11.5. The number of hydrogen-bond donors (Lipinski definition) is 1. The van der Waals surface area contributed by atoms with Crippen molar-refractivity contribution in [2.45, 2.75) is 13.8 Å². The number of nitrogens with zero attached hydrogens (tertiary/aromatic N) is 1. The van der Waals surface area contributed by atoms with Crippen LogP contribution in [0.5, 0.6) is 0 Å². The summed E-state index contributed by atoms with van der Waals surface area (Å²) in [6.45, 7) is 3.84. The van der Waals surface area contributed by atoms with E-state index in [1.807, 2.05) is 26.0 Å². The molecule has 96 valence electrons. The third kappa shape index (κ3) is 2.41. The summed E-state index contributed by atoms with van der Waals surface area (Å²) in [6, 6.07) is 9.79. The molecule has 0 bridgehead atoms. The van der Waals surface area contributed by atoms with Crippen LogP contribution in [0.4, 0.5) is 20.2 Å². The van der Waals surface area contributed by atoms with Crippen LogP contribution in [0.25, 0.3) is 0 Å². The van der Waals surface area contributed by atoms with Crippen LogP contribution in [0.3, 0.4) is 0 Å². The van der Waals surface area contributed by atoms with Gasteiger partial charge in [0.15, 0.2) is 11.6 Å². The Kier molecular flexibility index (Phi) is 3.48. The van der Waals surface area contributed by atoms with Gasteiger partial charge in [-0.3, -0.25) is 0 Å². The summed E-state index contributed by atoms with van der Waals surface area (Å²) in [6.07, 6.45) is 0. The average Bonchev–Trinajstić information content (AvgIpc) is 2.40. The number of benzene rings is 2. The van der Waals surface area contributed by atoms with Gasteiger partial charge in [0.1, 0.15) is 6.07 Å². The van der Waals surface area contributed by atoms with Gasteiger partial charge in [-0.15, -0.1) is 0 Å². The summed E-state index contributed by atoms with van der Waals surface area (Å²) in [5.41, 5.74) is 2.45. The molecule has 0 saturated carbocycles. The van der Waals surface area contributed by atoms with E-state index in [0.29, 0.717) is 5.69 Å². The first kappa shape index (κ1) is 13.0. The van der Waals surface area contributed by atoms with Crippen molar-refractivity contribution in [3.05, 3.63) is 58.7 Å². The van der Waals surface area contributed by atoms with Crippen molar-refractivity contribution in [2.24, 2.45) is 0 Å². The molecule has 1 N–H and O–H groups in total. The number of nitriles is 1. The molecule has 0 unspecified atom stereocenters. The third-order valence-corrected chi connectivity index (χ3v) is 3.08. The number of anilines is 2. The minimum absolute atomic E-state index is 0.0187. The van der Waals surface area contributed by atoms with Crippen molar-refractivity contribution >= 4 is 11.4 Å². The highest BCUT2D eigenvalue weighted by Gasteiger charge is 2.13. The highest BCUT2D eigenvalue weighted by atomic mass is 19.2. The monoisotopic (exact) mass is 258 g/mol. The molecule has 0 heterocycles. The van der Waals surface area contributed by atoms with Gasteiger partial charge in [-0.25, -0.2) is 8.78 Å². The maximum Gasteiger partial charge on any atom is 0.183 e. The van der Waals surface area contributed by atoms with Gasteiger partial charge in [0.2, 0.25) is 0 Å². The summed E-state index contributed by atoms with van der Waals surface area (Å²) in [7, 11) is 0. The van der Waals surface area contributed by atoms with Crippen molar-refractivity contribution in [3.8, 4) is 6.07 Å². The van der Waals surface area contributed by atoms with E-state index >= 15 is 0 Å². The van der Waals surface area contributed by atoms with Crippen molar-refractivity contribution in [3.63, 3.8) is 0 Å². The number of halogens is 2. The van der Waals surface area contributed by atoms with Crippen molar-refractivity contribution < 1.29 is 8.78 Å². The lowest BCUT2D eigenvalue weighted by Gasteiger charge is -2.12. The molecule has 0 atom stereocenters. The Morgan fingerprint density at radius 2 is 1.74 bits per heavy atom. The standard InChI is InChI=1S/C15H12F2N2/c1-9-4-3-5-12(10(9)2)19-13-7-6-11(8-18)14(16)15(13)17/h3-7,19H,1-2H3. The van der Waals surface area contributed by atoms with E-state index in [1.165, 1.54) is 12.1 Å². The minimum Gasteiger partial charge on any atom is -0.353 e. The lowest BCUT2D eigenvalue weighted by Crippen LogP contribution is -2.00. The maximum atomic E-state index is 13.8. The van der Waals surface area contributed by atoms with E-state index in [1.54, 1.807) is 12.1 Å². The molecule has 0 amide bonds. The molecular weight excluding hydrogens is 246 g/mol. The number of aryl methyl sites for hydroxylation is 1. The average molecular weight is 258 g/mol. The fourth-order valence-corrected chi connectivity index (χ4v) is 1.76. The Hall–Kier alpha value is -2.41. The Balaban J connectivity index is 2.43. The quantitative estimate of drug-likeness (QED) is 0.876. The molecule has 0 saturated heterocycles. The van der Waals surface area contributed by atoms with Gasteiger partial charge in [0.05, 0.1) is 11.3 Å². The summed E-state index contributed by atoms with van der Waals surface area (Å²) < 4.78 is 27.3. The van der Waals surface area contributed by atoms with E-state index in [0.717, 1.165) is 11.1 Å². The largest absolute Gasteiger partial charge is 0.353 e. The Bertz CT molecular complexity index is 673.